The molecule has 1 saturated carbocycles. The lowest BCUT2D eigenvalue weighted by Gasteiger charge is -2.17. The van der Waals surface area contributed by atoms with Gasteiger partial charge in [0.05, 0.1) is 17.5 Å². The molecule has 1 aliphatic heterocycles. The second kappa shape index (κ2) is 6.24. The zero-order valence-electron chi connectivity index (χ0n) is 13.9. The molecule has 2 aliphatic rings. The van der Waals surface area contributed by atoms with E-state index in [0.717, 1.165) is 29.0 Å². The monoisotopic (exact) mass is 335 g/mol. The first kappa shape index (κ1) is 15.7. The Hall–Kier alpha value is -2.82. The molecule has 0 radical (unpaired) electrons. The van der Waals surface area contributed by atoms with Crippen LogP contribution in [0.2, 0.25) is 0 Å². The molecule has 5 nitrogen and oxygen atoms in total. The Labute approximate surface area is 146 Å². The predicted octanol–water partition coefficient (Wildman–Crippen LogP) is 2.15. The van der Waals surface area contributed by atoms with Gasteiger partial charge in [-0.2, -0.15) is 0 Å². The van der Waals surface area contributed by atoms with Gasteiger partial charge in [-0.15, -0.1) is 0 Å². The molecule has 5 heteroatoms. The van der Waals surface area contributed by atoms with Crippen molar-refractivity contribution >= 4 is 11.9 Å². The van der Waals surface area contributed by atoms with Gasteiger partial charge in [0.15, 0.2) is 11.5 Å². The maximum atomic E-state index is 10.7. The Morgan fingerprint density at radius 2 is 2.00 bits per heavy atom. The molecule has 25 heavy (non-hydrogen) atoms. The van der Waals surface area contributed by atoms with Crippen LogP contribution in [-0.4, -0.2) is 17.0 Å². The van der Waals surface area contributed by atoms with Crippen LogP contribution in [0.1, 0.15) is 42.9 Å². The molecule has 2 aromatic carbocycles. The van der Waals surface area contributed by atoms with Crippen LogP contribution in [0.3, 0.4) is 0 Å². The second-order valence-electron chi connectivity index (χ2n) is 6.65. The molecular weight excluding hydrogens is 314 g/mol. The number of nitrogen functional groups attached to an aromatic ring is 1. The average molecular weight is 335 g/mol. The summed E-state index contributed by atoms with van der Waals surface area (Å²) < 4.78 is 5.98. The third-order valence-electron chi connectivity index (χ3n) is 4.90. The Morgan fingerprint density at radius 3 is 2.76 bits per heavy atom. The van der Waals surface area contributed by atoms with Crippen LogP contribution >= 0.6 is 0 Å². The number of amidine groups is 1. The van der Waals surface area contributed by atoms with E-state index in [1.165, 1.54) is 12.8 Å². The Balaban J connectivity index is 1.67. The third kappa shape index (κ3) is 2.97. The molecule has 0 aromatic heterocycles. The van der Waals surface area contributed by atoms with Gasteiger partial charge in [-0.05, 0) is 61.2 Å². The van der Waals surface area contributed by atoms with E-state index in [1.807, 2.05) is 36.4 Å². The molecular formula is C20H21N3O2. The number of hydrogen-bond acceptors (Lipinski definition) is 4. The lowest BCUT2D eigenvalue weighted by atomic mass is 10.1. The molecule has 2 aromatic rings. The van der Waals surface area contributed by atoms with Crippen molar-refractivity contribution in [1.29, 1.82) is 5.41 Å². The molecule has 1 aliphatic carbocycles. The first-order valence-corrected chi connectivity index (χ1v) is 8.64. The van der Waals surface area contributed by atoms with Crippen molar-refractivity contribution in [3.8, 4) is 11.5 Å². The van der Waals surface area contributed by atoms with Crippen molar-refractivity contribution in [2.75, 3.05) is 0 Å². The lowest BCUT2D eigenvalue weighted by molar-refractivity contribution is 0.201. The minimum absolute atomic E-state index is 0.0365. The molecule has 0 spiro atoms. The average Bonchev–Trinajstić information content (AvgIpc) is 3.25. The molecule has 1 fully saturated rings. The lowest BCUT2D eigenvalue weighted by Crippen LogP contribution is -2.24. The summed E-state index contributed by atoms with van der Waals surface area (Å²) in [5.41, 5.74) is 6.96. The minimum Gasteiger partial charge on any atom is -0.504 e. The number of nitrogens with one attached hydrogen (secondary N) is 1. The van der Waals surface area contributed by atoms with E-state index in [2.05, 4.69) is 4.99 Å². The molecule has 0 amide bonds. The Morgan fingerprint density at radius 1 is 1.20 bits per heavy atom. The van der Waals surface area contributed by atoms with Crippen molar-refractivity contribution < 1.29 is 9.84 Å². The van der Waals surface area contributed by atoms with Crippen molar-refractivity contribution in [3.63, 3.8) is 0 Å². The number of benzene rings is 2. The summed E-state index contributed by atoms with van der Waals surface area (Å²) in [7, 11) is 0. The van der Waals surface area contributed by atoms with Crippen molar-refractivity contribution in [2.24, 2.45) is 10.7 Å². The predicted molar refractivity (Wildman–Crippen MR) is 96.4 cm³/mol. The van der Waals surface area contributed by atoms with Crippen LogP contribution in [0.25, 0.3) is 6.08 Å². The summed E-state index contributed by atoms with van der Waals surface area (Å²) in [5, 5.41) is 20.0. The number of aromatic hydroxyl groups is 1. The molecule has 128 valence electrons. The fourth-order valence-corrected chi connectivity index (χ4v) is 3.55. The summed E-state index contributed by atoms with van der Waals surface area (Å²) >= 11 is 0. The van der Waals surface area contributed by atoms with E-state index in [4.69, 9.17) is 15.9 Å². The molecule has 0 bridgehead atoms. The molecule has 1 unspecified atom stereocenters. The van der Waals surface area contributed by atoms with Crippen molar-refractivity contribution in [3.05, 3.63) is 58.1 Å². The molecule has 4 N–H and O–H groups in total. The number of hydrogen-bond donors (Lipinski definition) is 3. The number of nitrogens with zero attached hydrogens (tertiary/aromatic N) is 1. The van der Waals surface area contributed by atoms with E-state index in [0.29, 0.717) is 11.3 Å². The van der Waals surface area contributed by atoms with E-state index in [1.54, 1.807) is 6.07 Å². The fourth-order valence-electron chi connectivity index (χ4n) is 3.55. The van der Waals surface area contributed by atoms with Crippen LogP contribution in [0.4, 0.5) is 0 Å². The summed E-state index contributed by atoms with van der Waals surface area (Å²) in [6.07, 6.45) is 6.64. The van der Waals surface area contributed by atoms with Crippen LogP contribution in [0.15, 0.2) is 41.4 Å². The Kier molecular flexibility index (Phi) is 3.92. The maximum absolute atomic E-state index is 10.7. The standard InChI is InChI=1S/C20H21N3O2/c21-20(22)12-8-9-16-13(10-12)11-17(23-16)15-6-3-7-18(19(15)24)25-14-4-1-2-5-14/h3,6-11,14,17,24H,1-2,4-5H2,(H3,21,22). The van der Waals surface area contributed by atoms with Gasteiger partial charge in [0.25, 0.3) is 0 Å². The van der Waals surface area contributed by atoms with Gasteiger partial charge < -0.3 is 15.6 Å². The number of rotatable bonds is 4. The van der Waals surface area contributed by atoms with E-state index in [-0.39, 0.29) is 23.7 Å². The van der Waals surface area contributed by atoms with Gasteiger partial charge >= 0.3 is 0 Å². The van der Waals surface area contributed by atoms with E-state index >= 15 is 0 Å². The minimum atomic E-state index is -0.260. The Bertz CT molecular complexity index is 946. The number of fused-ring (bicyclic) bond motifs is 1. The second-order valence-corrected chi connectivity index (χ2v) is 6.65. The third-order valence-corrected chi connectivity index (χ3v) is 4.90. The van der Waals surface area contributed by atoms with Gasteiger partial charge in [-0.1, -0.05) is 12.1 Å². The van der Waals surface area contributed by atoms with Crippen LogP contribution in [-0.2, 0) is 0 Å². The smallest absolute Gasteiger partial charge is 0.163 e. The van der Waals surface area contributed by atoms with Gasteiger partial charge in [-0.3, -0.25) is 10.4 Å². The van der Waals surface area contributed by atoms with E-state index < -0.39 is 0 Å². The van der Waals surface area contributed by atoms with Crippen LogP contribution < -0.4 is 21.0 Å². The summed E-state index contributed by atoms with van der Waals surface area (Å²) in [5.74, 6) is 0.738. The maximum Gasteiger partial charge on any atom is 0.163 e. The highest BCUT2D eigenvalue weighted by Gasteiger charge is 2.22. The van der Waals surface area contributed by atoms with Crippen LogP contribution in [0.5, 0.6) is 11.5 Å². The van der Waals surface area contributed by atoms with E-state index in [9.17, 15) is 5.11 Å². The largest absolute Gasteiger partial charge is 0.504 e. The summed E-state index contributed by atoms with van der Waals surface area (Å²) in [6, 6.07) is 10.8. The van der Waals surface area contributed by atoms with Gasteiger partial charge in [-0.25, -0.2) is 0 Å². The molecule has 1 heterocycles. The normalized spacial score (nSPS) is 19.1. The molecule has 0 saturated heterocycles. The zero-order chi connectivity index (χ0) is 17.4. The molecule has 1 atom stereocenters. The highest BCUT2D eigenvalue weighted by atomic mass is 16.5. The number of ether oxygens (including phenoxy) is 1. The number of para-hydroxylation sites is 1. The zero-order valence-corrected chi connectivity index (χ0v) is 13.9. The van der Waals surface area contributed by atoms with Crippen molar-refractivity contribution in [1.82, 2.24) is 0 Å². The van der Waals surface area contributed by atoms with Crippen molar-refractivity contribution in [2.45, 2.75) is 37.8 Å². The SMILES string of the molecule is N=C(N)c1ccc2c(c1)=CC(c1cccc(OC3CCCC3)c1O)N=2. The number of phenolic OH excluding ortho intramolecular Hbond substituents is 1. The molecule has 4 rings (SSSR count). The highest BCUT2D eigenvalue weighted by Crippen LogP contribution is 2.38. The number of nitrogens with two attached hydrogens (primary N) is 1. The first-order valence-electron chi connectivity index (χ1n) is 8.64. The summed E-state index contributed by atoms with van der Waals surface area (Å²) in [4.78, 5) is 4.67. The first-order chi connectivity index (χ1) is 12.1. The fraction of sp³-hybridized carbons (Fsp3) is 0.300. The quantitative estimate of drug-likeness (QED) is 0.590. The van der Waals surface area contributed by atoms with Crippen LogP contribution in [0, 0.1) is 5.41 Å². The summed E-state index contributed by atoms with van der Waals surface area (Å²) in [6.45, 7) is 0. The van der Waals surface area contributed by atoms with Gasteiger partial charge in [0, 0.05) is 11.1 Å². The topological polar surface area (TPSA) is 91.7 Å². The van der Waals surface area contributed by atoms with Gasteiger partial charge in [0.2, 0.25) is 0 Å². The highest BCUT2D eigenvalue weighted by molar-refractivity contribution is 5.94. The number of phenols is 1. The van der Waals surface area contributed by atoms with Gasteiger partial charge in [0.1, 0.15) is 5.84 Å².